The average molecular weight is 248 g/mol. The van der Waals surface area contributed by atoms with Crippen molar-refractivity contribution in [3.63, 3.8) is 0 Å². The van der Waals surface area contributed by atoms with E-state index in [1.165, 1.54) is 44.9 Å². The van der Waals surface area contributed by atoms with Crippen molar-refractivity contribution in [2.24, 2.45) is 0 Å². The number of allylic oxidation sites excluding steroid dienone is 1. The topological polar surface area (TPSA) is 0 Å². The van der Waals surface area contributed by atoms with Crippen LogP contribution in [-0.4, -0.2) is 0 Å². The Labute approximate surface area is 98.1 Å². The van der Waals surface area contributed by atoms with E-state index in [2.05, 4.69) is 13.5 Å². The molecule has 0 aromatic heterocycles. The Hall–Kier alpha value is 0.363. The van der Waals surface area contributed by atoms with Gasteiger partial charge in [-0.1, -0.05) is 0 Å². The quantitative estimate of drug-likeness (QED) is 0.266. The van der Waals surface area contributed by atoms with Crippen molar-refractivity contribution in [2.75, 3.05) is 0 Å². The van der Waals surface area contributed by atoms with Crippen molar-refractivity contribution in [1.29, 1.82) is 0 Å². The molecule has 0 amide bonds. The van der Waals surface area contributed by atoms with E-state index in [9.17, 15) is 0 Å². The third-order valence-corrected chi connectivity index (χ3v) is 6.34. The van der Waals surface area contributed by atoms with Gasteiger partial charge in [0, 0.05) is 0 Å². The molecule has 0 rings (SSSR count). The van der Waals surface area contributed by atoms with Crippen LogP contribution in [0.4, 0.5) is 0 Å². The first-order valence-corrected chi connectivity index (χ1v) is 10.7. The van der Waals surface area contributed by atoms with Crippen molar-refractivity contribution in [3.05, 3.63) is 12.7 Å². The van der Waals surface area contributed by atoms with E-state index in [4.69, 9.17) is 0 Å². The van der Waals surface area contributed by atoms with Crippen molar-refractivity contribution in [3.8, 4) is 0 Å². The predicted octanol–water partition coefficient (Wildman–Crippen LogP) is 5.23. The summed E-state index contributed by atoms with van der Waals surface area (Å²) in [5.74, 6) is 0. The number of hydrogen-bond donors (Lipinski definition) is 0. The Bertz CT molecular complexity index is 110. The zero-order chi connectivity index (χ0) is 10.5. The fraction of sp³-hybridized carbons (Fsp3) is 0.846. The molecule has 0 atom stereocenters. The second-order valence-corrected chi connectivity index (χ2v) is 9.32. The van der Waals surface area contributed by atoms with E-state index in [1.807, 2.05) is 6.08 Å². The van der Waals surface area contributed by atoms with E-state index in [0.29, 0.717) is 0 Å². The van der Waals surface area contributed by atoms with Crippen molar-refractivity contribution >= 4 is 0 Å². The van der Waals surface area contributed by atoms with Crippen LogP contribution in [0.25, 0.3) is 0 Å². The van der Waals surface area contributed by atoms with Gasteiger partial charge in [0.25, 0.3) is 0 Å². The van der Waals surface area contributed by atoms with Gasteiger partial charge < -0.3 is 0 Å². The molecular weight excluding hydrogens is 222 g/mol. The number of unbranched alkanes of at least 4 members (excludes halogenated alkanes) is 7. The maximum atomic E-state index is 3.74. The molecule has 0 spiro atoms. The third kappa shape index (κ3) is 12.4. The normalized spacial score (nSPS) is 9.79. The minimum atomic E-state index is -0.0147. The molecule has 0 saturated carbocycles. The van der Waals surface area contributed by atoms with Crippen LogP contribution in [0.2, 0.25) is 10.0 Å². The molecule has 0 aromatic carbocycles. The van der Waals surface area contributed by atoms with Gasteiger partial charge in [0.2, 0.25) is 0 Å². The first-order chi connectivity index (χ1) is 6.91. The molecule has 1 heteroatoms. The molecule has 0 aliphatic heterocycles. The van der Waals surface area contributed by atoms with Gasteiger partial charge in [0.1, 0.15) is 0 Å². The van der Waals surface area contributed by atoms with Crippen LogP contribution < -0.4 is 0 Å². The number of rotatable bonds is 11. The second kappa shape index (κ2) is 13.4. The Morgan fingerprint density at radius 1 is 0.929 bits per heavy atom. The summed E-state index contributed by atoms with van der Waals surface area (Å²) >= 11 is -0.0147. The van der Waals surface area contributed by atoms with E-state index in [-0.39, 0.29) is 17.1 Å². The molecule has 0 bridgehead atoms. The van der Waals surface area contributed by atoms with Crippen molar-refractivity contribution in [2.45, 2.75) is 68.3 Å². The standard InChI is InChI=1S/C11H21.C2H5.Zn/c1-3-5-7-9-11-10-8-6-4-2;1-2;/h3H,1-2,4-11H2;1H2,2H3;. The molecule has 80 valence electrons. The van der Waals surface area contributed by atoms with E-state index >= 15 is 0 Å². The molecular formula is C13H26Zn. The van der Waals surface area contributed by atoms with Crippen LogP contribution in [0.15, 0.2) is 12.7 Å². The summed E-state index contributed by atoms with van der Waals surface area (Å²) in [5.41, 5.74) is 0. The van der Waals surface area contributed by atoms with Gasteiger partial charge in [0.15, 0.2) is 0 Å². The SMILES string of the molecule is C=CCCCCCCCC[CH2][Zn][CH2]C. The molecule has 0 N–H and O–H groups in total. The fourth-order valence-corrected chi connectivity index (χ4v) is 4.31. The Morgan fingerprint density at radius 3 is 2.07 bits per heavy atom. The molecule has 0 radical (unpaired) electrons. The summed E-state index contributed by atoms with van der Waals surface area (Å²) in [6, 6.07) is 0. The summed E-state index contributed by atoms with van der Waals surface area (Å²) in [6.07, 6.45) is 13.5. The first-order valence-electron chi connectivity index (χ1n) is 6.52. The molecule has 14 heavy (non-hydrogen) atoms. The average Bonchev–Trinajstić information content (AvgIpc) is 2.21. The third-order valence-electron chi connectivity index (χ3n) is 2.76. The van der Waals surface area contributed by atoms with Crippen LogP contribution in [0, 0.1) is 0 Å². The summed E-state index contributed by atoms with van der Waals surface area (Å²) in [7, 11) is 0. The monoisotopic (exact) mass is 246 g/mol. The van der Waals surface area contributed by atoms with E-state index in [1.54, 1.807) is 16.5 Å². The van der Waals surface area contributed by atoms with Gasteiger partial charge in [-0.3, -0.25) is 0 Å². The molecule has 0 nitrogen and oxygen atoms in total. The van der Waals surface area contributed by atoms with Crippen LogP contribution >= 0.6 is 0 Å². The first kappa shape index (κ1) is 14.4. The van der Waals surface area contributed by atoms with Crippen LogP contribution in [0.3, 0.4) is 0 Å². The predicted molar refractivity (Wildman–Crippen MR) is 62.4 cm³/mol. The zero-order valence-electron chi connectivity index (χ0n) is 10.1. The Morgan fingerprint density at radius 2 is 1.50 bits per heavy atom. The van der Waals surface area contributed by atoms with E-state index < -0.39 is 0 Å². The van der Waals surface area contributed by atoms with Crippen molar-refractivity contribution < 1.29 is 17.1 Å². The van der Waals surface area contributed by atoms with Gasteiger partial charge in [0.05, 0.1) is 0 Å². The molecule has 0 heterocycles. The molecule has 0 aliphatic carbocycles. The maximum absolute atomic E-state index is 3.74. The summed E-state index contributed by atoms with van der Waals surface area (Å²) in [5, 5.41) is 3.19. The Balaban J connectivity index is 2.81. The minimum absolute atomic E-state index is 0.0147. The van der Waals surface area contributed by atoms with Crippen LogP contribution in [0.1, 0.15) is 58.3 Å². The zero-order valence-corrected chi connectivity index (χ0v) is 13.0. The summed E-state index contributed by atoms with van der Waals surface area (Å²) in [4.78, 5) is 0. The van der Waals surface area contributed by atoms with Crippen LogP contribution in [0.5, 0.6) is 0 Å². The Kier molecular flexibility index (Phi) is 13.7. The molecule has 0 aliphatic rings. The van der Waals surface area contributed by atoms with E-state index in [0.717, 1.165) is 0 Å². The summed E-state index contributed by atoms with van der Waals surface area (Å²) in [6.45, 7) is 6.10. The van der Waals surface area contributed by atoms with Gasteiger partial charge in [-0.2, -0.15) is 0 Å². The molecule has 0 aromatic rings. The van der Waals surface area contributed by atoms with Crippen LogP contribution in [-0.2, 0) is 17.1 Å². The molecule has 0 saturated heterocycles. The molecule has 0 fully saturated rings. The fourth-order valence-electron chi connectivity index (χ4n) is 1.78. The number of hydrogen-bond acceptors (Lipinski definition) is 0. The van der Waals surface area contributed by atoms with Gasteiger partial charge in [-0.05, 0) is 0 Å². The summed E-state index contributed by atoms with van der Waals surface area (Å²) < 4.78 is 0. The van der Waals surface area contributed by atoms with Gasteiger partial charge in [-0.25, -0.2) is 0 Å². The van der Waals surface area contributed by atoms with Gasteiger partial charge >= 0.3 is 98.1 Å². The molecule has 0 unspecified atom stereocenters. The van der Waals surface area contributed by atoms with Crippen molar-refractivity contribution in [1.82, 2.24) is 0 Å². The van der Waals surface area contributed by atoms with Gasteiger partial charge in [-0.15, -0.1) is 0 Å². The second-order valence-electron chi connectivity index (χ2n) is 4.26.